The number of carbonyl (C=O) groups is 1. The van der Waals surface area contributed by atoms with E-state index in [1.165, 1.54) is 16.7 Å². The molecule has 0 radical (unpaired) electrons. The van der Waals surface area contributed by atoms with Gasteiger partial charge in [-0.3, -0.25) is 4.79 Å². The molecule has 2 aromatic rings. The van der Waals surface area contributed by atoms with Crippen LogP contribution in [-0.2, 0) is 11.3 Å². The van der Waals surface area contributed by atoms with E-state index in [0.29, 0.717) is 0 Å². The van der Waals surface area contributed by atoms with Gasteiger partial charge in [-0.05, 0) is 12.1 Å². The zero-order valence-corrected chi connectivity index (χ0v) is 8.90. The summed E-state index contributed by atoms with van der Waals surface area (Å²) in [7, 11) is 0. The summed E-state index contributed by atoms with van der Waals surface area (Å²) in [6.45, 7) is -0.362. The largest absolute Gasteiger partial charge is 0.504 e. The Kier molecular flexibility index (Phi) is 2.85. The van der Waals surface area contributed by atoms with Crippen LogP contribution in [0.4, 0.5) is 13.2 Å². The minimum Gasteiger partial charge on any atom is -0.504 e. The van der Waals surface area contributed by atoms with Gasteiger partial charge in [-0.2, -0.15) is 13.2 Å². The first-order valence-corrected chi connectivity index (χ1v) is 4.88. The molecule has 2 rings (SSSR count). The van der Waals surface area contributed by atoms with E-state index in [1.807, 2.05) is 0 Å². The third-order valence-electron chi connectivity index (χ3n) is 2.20. The molecule has 2 heterocycles. The van der Waals surface area contributed by atoms with Gasteiger partial charge in [-0.1, -0.05) is 0 Å². The molecule has 0 saturated carbocycles. The topological polar surface area (TPSA) is 66.6 Å². The molecular weight excluding hydrogens is 251 g/mol. The van der Waals surface area contributed by atoms with Crippen molar-refractivity contribution in [1.82, 2.24) is 14.7 Å². The number of rotatable bonds is 2. The van der Waals surface area contributed by atoms with Crippen LogP contribution in [0.15, 0.2) is 24.5 Å². The highest BCUT2D eigenvalue weighted by Gasteiger charge is 2.38. The summed E-state index contributed by atoms with van der Waals surface area (Å²) in [5.41, 5.74) is 0.433. The first kappa shape index (κ1) is 12.2. The van der Waals surface area contributed by atoms with Gasteiger partial charge in [-0.15, -0.1) is 0 Å². The maximum Gasteiger partial charge on any atom is 0.471 e. The van der Waals surface area contributed by atoms with Gasteiger partial charge in [-0.25, -0.2) is 4.98 Å². The van der Waals surface area contributed by atoms with E-state index in [0.717, 1.165) is 0 Å². The molecule has 0 spiro atoms. The number of pyridine rings is 1. The number of fused-ring (bicyclic) bond motifs is 1. The van der Waals surface area contributed by atoms with Crippen LogP contribution in [-0.4, -0.2) is 26.6 Å². The SMILES string of the molecule is O=C(NCc1cn2cccc(O)c2n1)C(F)(F)F. The molecule has 0 atom stereocenters. The van der Waals surface area contributed by atoms with Gasteiger partial charge in [0.05, 0.1) is 12.2 Å². The number of carbonyl (C=O) groups excluding carboxylic acids is 1. The predicted molar refractivity (Wildman–Crippen MR) is 54.8 cm³/mol. The molecule has 0 aromatic carbocycles. The Morgan fingerprint density at radius 3 is 2.83 bits per heavy atom. The highest BCUT2D eigenvalue weighted by Crippen LogP contribution is 2.17. The van der Waals surface area contributed by atoms with Gasteiger partial charge in [0.15, 0.2) is 11.4 Å². The van der Waals surface area contributed by atoms with Crippen molar-refractivity contribution in [2.24, 2.45) is 0 Å². The Balaban J connectivity index is 2.14. The Bertz CT molecular complexity index is 592. The van der Waals surface area contributed by atoms with Gasteiger partial charge >= 0.3 is 12.1 Å². The second-order valence-corrected chi connectivity index (χ2v) is 3.54. The molecule has 0 aliphatic heterocycles. The Hall–Kier alpha value is -2.25. The summed E-state index contributed by atoms with van der Waals surface area (Å²) in [6.07, 6.45) is -1.91. The number of nitrogens with one attached hydrogen (secondary N) is 1. The van der Waals surface area contributed by atoms with Crippen molar-refractivity contribution >= 4 is 11.6 Å². The van der Waals surface area contributed by atoms with E-state index in [1.54, 1.807) is 17.6 Å². The normalized spacial score (nSPS) is 11.7. The van der Waals surface area contributed by atoms with Crippen molar-refractivity contribution in [2.45, 2.75) is 12.7 Å². The number of amides is 1. The van der Waals surface area contributed by atoms with E-state index in [9.17, 15) is 23.1 Å². The molecule has 0 bridgehead atoms. The maximum atomic E-state index is 11.9. The number of nitrogens with zero attached hydrogens (tertiary/aromatic N) is 2. The third-order valence-corrected chi connectivity index (χ3v) is 2.20. The predicted octanol–water partition coefficient (Wildman–Crippen LogP) is 1.22. The van der Waals surface area contributed by atoms with E-state index < -0.39 is 12.1 Å². The molecule has 0 unspecified atom stereocenters. The summed E-state index contributed by atoms with van der Waals surface area (Å²) in [6, 6.07) is 2.96. The molecule has 2 N–H and O–H groups in total. The number of aromatic hydroxyl groups is 1. The smallest absolute Gasteiger partial charge is 0.471 e. The summed E-state index contributed by atoms with van der Waals surface area (Å²) in [5, 5.41) is 11.1. The van der Waals surface area contributed by atoms with Gasteiger partial charge in [0, 0.05) is 12.4 Å². The Morgan fingerprint density at radius 1 is 1.50 bits per heavy atom. The highest BCUT2D eigenvalue weighted by molar-refractivity contribution is 5.81. The fraction of sp³-hybridized carbons (Fsp3) is 0.200. The standard InChI is InChI=1S/C10H8F3N3O2/c11-10(12,13)9(18)14-4-6-5-16-3-1-2-7(17)8(16)15-6/h1-3,5,17H,4H2,(H,14,18). The van der Waals surface area contributed by atoms with E-state index >= 15 is 0 Å². The lowest BCUT2D eigenvalue weighted by molar-refractivity contribution is -0.173. The molecule has 0 aliphatic rings. The van der Waals surface area contributed by atoms with Crippen LogP contribution in [0.25, 0.3) is 5.65 Å². The number of hydrogen-bond acceptors (Lipinski definition) is 3. The molecule has 96 valence electrons. The van der Waals surface area contributed by atoms with Crippen LogP contribution in [0.3, 0.4) is 0 Å². The van der Waals surface area contributed by atoms with Crippen molar-refractivity contribution in [3.8, 4) is 5.75 Å². The van der Waals surface area contributed by atoms with Crippen molar-refractivity contribution in [3.05, 3.63) is 30.2 Å². The average molecular weight is 259 g/mol. The minimum absolute atomic E-state index is 0.0918. The quantitative estimate of drug-likeness (QED) is 0.852. The fourth-order valence-electron chi connectivity index (χ4n) is 1.41. The average Bonchev–Trinajstić information content (AvgIpc) is 2.69. The first-order valence-electron chi connectivity index (χ1n) is 4.88. The second kappa shape index (κ2) is 4.21. The monoisotopic (exact) mass is 259 g/mol. The summed E-state index contributed by atoms with van der Waals surface area (Å²) in [4.78, 5) is 14.5. The van der Waals surface area contributed by atoms with Crippen LogP contribution in [0.1, 0.15) is 5.69 Å². The van der Waals surface area contributed by atoms with Crippen molar-refractivity contribution in [3.63, 3.8) is 0 Å². The minimum atomic E-state index is -4.92. The number of alkyl halides is 3. The van der Waals surface area contributed by atoms with Crippen LogP contribution in [0.5, 0.6) is 5.75 Å². The van der Waals surface area contributed by atoms with Gasteiger partial charge < -0.3 is 14.8 Å². The molecule has 0 saturated heterocycles. The van der Waals surface area contributed by atoms with E-state index in [-0.39, 0.29) is 23.6 Å². The lowest BCUT2D eigenvalue weighted by Crippen LogP contribution is -2.36. The Labute approximate surface area is 98.9 Å². The molecule has 0 aliphatic carbocycles. The van der Waals surface area contributed by atoms with Crippen LogP contribution in [0.2, 0.25) is 0 Å². The molecular formula is C10H8F3N3O2. The maximum absolute atomic E-state index is 11.9. The highest BCUT2D eigenvalue weighted by atomic mass is 19.4. The molecule has 1 amide bonds. The van der Waals surface area contributed by atoms with Gasteiger partial charge in [0.25, 0.3) is 0 Å². The summed E-state index contributed by atoms with van der Waals surface area (Å²) in [5.74, 6) is -2.12. The second-order valence-electron chi connectivity index (χ2n) is 3.54. The molecule has 5 nitrogen and oxygen atoms in total. The molecule has 18 heavy (non-hydrogen) atoms. The number of aromatic nitrogens is 2. The summed E-state index contributed by atoms with van der Waals surface area (Å²) >= 11 is 0. The number of imidazole rings is 1. The lowest BCUT2D eigenvalue weighted by atomic mass is 10.4. The van der Waals surface area contributed by atoms with Crippen molar-refractivity contribution in [2.75, 3.05) is 0 Å². The third kappa shape index (κ3) is 2.36. The zero-order chi connectivity index (χ0) is 13.3. The number of halogens is 3. The van der Waals surface area contributed by atoms with E-state index in [4.69, 9.17) is 0 Å². The Morgan fingerprint density at radius 2 is 2.22 bits per heavy atom. The number of hydrogen-bond donors (Lipinski definition) is 2. The van der Waals surface area contributed by atoms with Crippen LogP contribution in [0, 0.1) is 0 Å². The lowest BCUT2D eigenvalue weighted by Gasteiger charge is -2.05. The molecule has 8 heteroatoms. The molecule has 0 fully saturated rings. The zero-order valence-electron chi connectivity index (χ0n) is 8.90. The van der Waals surface area contributed by atoms with E-state index in [2.05, 4.69) is 4.98 Å². The van der Waals surface area contributed by atoms with Gasteiger partial charge in [0.2, 0.25) is 0 Å². The van der Waals surface area contributed by atoms with Crippen molar-refractivity contribution < 1.29 is 23.1 Å². The van der Waals surface area contributed by atoms with Crippen molar-refractivity contribution in [1.29, 1.82) is 0 Å². The van der Waals surface area contributed by atoms with Crippen LogP contribution >= 0.6 is 0 Å². The summed E-state index contributed by atoms with van der Waals surface area (Å²) < 4.78 is 37.3. The van der Waals surface area contributed by atoms with Crippen LogP contribution < -0.4 is 5.32 Å². The molecule has 2 aromatic heterocycles. The first-order chi connectivity index (χ1) is 8.38. The fourth-order valence-corrected chi connectivity index (χ4v) is 1.41. The van der Waals surface area contributed by atoms with Gasteiger partial charge in [0.1, 0.15) is 0 Å².